The van der Waals surface area contributed by atoms with Gasteiger partial charge in [-0.15, -0.1) is 0 Å². The third-order valence-electron chi connectivity index (χ3n) is 4.01. The maximum atomic E-state index is 12.3. The topological polar surface area (TPSA) is 77.9 Å². The number of carbonyl (C=O) groups is 3. The molecule has 1 saturated heterocycles. The van der Waals surface area contributed by atoms with Gasteiger partial charge in [0.1, 0.15) is 6.04 Å². The molecule has 2 aliphatic rings. The summed E-state index contributed by atoms with van der Waals surface area (Å²) in [4.78, 5) is 38.8. The number of carbonyl (C=O) groups excluding carboxylic acids is 2. The summed E-state index contributed by atoms with van der Waals surface area (Å²) in [5.74, 6) is -0.0316. The normalized spacial score (nSPS) is 22.0. The largest absolute Gasteiger partial charge is 0.480 e. The highest BCUT2D eigenvalue weighted by molar-refractivity contribution is 7.99. The van der Waals surface area contributed by atoms with Crippen molar-refractivity contribution in [1.29, 1.82) is 0 Å². The van der Waals surface area contributed by atoms with E-state index in [0.29, 0.717) is 30.0 Å². The summed E-state index contributed by atoms with van der Waals surface area (Å²) in [5, 5.41) is 9.24. The summed E-state index contributed by atoms with van der Waals surface area (Å²) in [5.41, 5.74) is 0.855. The molecule has 0 spiro atoms. The van der Waals surface area contributed by atoms with E-state index in [4.69, 9.17) is 0 Å². The monoisotopic (exact) mass is 320 g/mol. The summed E-state index contributed by atoms with van der Waals surface area (Å²) in [6, 6.07) is 6.21. The minimum absolute atomic E-state index is 0.223. The van der Waals surface area contributed by atoms with E-state index < -0.39 is 12.0 Å². The van der Waals surface area contributed by atoms with Crippen LogP contribution in [-0.4, -0.2) is 69.9 Å². The van der Waals surface area contributed by atoms with Crippen LogP contribution in [0.2, 0.25) is 0 Å². The predicted octanol–water partition coefficient (Wildman–Crippen LogP) is 0.785. The first-order chi connectivity index (χ1) is 10.6. The molecular formula is C15H16N2O4S. The number of carboxylic acids is 1. The molecule has 2 heterocycles. The molecule has 3 rings (SSSR count). The molecule has 7 heteroatoms. The molecule has 1 unspecified atom stereocenters. The van der Waals surface area contributed by atoms with Gasteiger partial charge in [-0.25, -0.2) is 0 Å². The second-order valence-electron chi connectivity index (χ2n) is 5.27. The zero-order valence-electron chi connectivity index (χ0n) is 11.9. The number of nitrogens with zero attached hydrogens (tertiary/aromatic N) is 2. The first kappa shape index (κ1) is 15.1. The Bertz CT molecular complexity index is 599. The Kier molecular flexibility index (Phi) is 4.17. The second-order valence-corrected chi connectivity index (χ2v) is 6.42. The van der Waals surface area contributed by atoms with Crippen LogP contribution >= 0.6 is 11.8 Å². The summed E-state index contributed by atoms with van der Waals surface area (Å²) >= 11 is 1.61. The Labute approximate surface area is 132 Å². The Morgan fingerprint density at radius 2 is 1.82 bits per heavy atom. The fraction of sp³-hybridized carbons (Fsp3) is 0.400. The van der Waals surface area contributed by atoms with Crippen LogP contribution in [0.15, 0.2) is 24.3 Å². The van der Waals surface area contributed by atoms with Gasteiger partial charge < -0.3 is 5.11 Å². The van der Waals surface area contributed by atoms with Crippen LogP contribution in [0, 0.1) is 0 Å². The lowest BCUT2D eigenvalue weighted by molar-refractivity contribution is -0.142. The van der Waals surface area contributed by atoms with E-state index in [1.165, 1.54) is 4.90 Å². The third-order valence-corrected chi connectivity index (χ3v) is 5.04. The lowest BCUT2D eigenvalue weighted by Crippen LogP contribution is -2.50. The van der Waals surface area contributed by atoms with Crippen LogP contribution < -0.4 is 0 Å². The lowest BCUT2D eigenvalue weighted by Gasteiger charge is -2.33. The maximum absolute atomic E-state index is 12.3. The van der Waals surface area contributed by atoms with E-state index in [1.807, 2.05) is 4.90 Å². The molecule has 0 radical (unpaired) electrons. The minimum Gasteiger partial charge on any atom is -0.480 e. The van der Waals surface area contributed by atoms with E-state index >= 15 is 0 Å². The Morgan fingerprint density at radius 3 is 2.41 bits per heavy atom. The molecule has 116 valence electrons. The van der Waals surface area contributed by atoms with Gasteiger partial charge in [0, 0.05) is 31.1 Å². The van der Waals surface area contributed by atoms with Crippen LogP contribution in [0.3, 0.4) is 0 Å². The highest BCUT2D eigenvalue weighted by Crippen LogP contribution is 2.23. The summed E-state index contributed by atoms with van der Waals surface area (Å²) in [6.45, 7) is 1.27. The molecule has 1 aromatic carbocycles. The van der Waals surface area contributed by atoms with Crippen molar-refractivity contribution in [2.45, 2.75) is 6.04 Å². The van der Waals surface area contributed by atoms with E-state index in [-0.39, 0.29) is 18.4 Å². The number of carboxylic acid groups (broad SMARTS) is 1. The lowest BCUT2D eigenvalue weighted by atomic mass is 10.1. The summed E-state index contributed by atoms with van der Waals surface area (Å²) in [6.07, 6.45) is 0. The number of fused-ring (bicyclic) bond motifs is 1. The fourth-order valence-electron chi connectivity index (χ4n) is 2.80. The Morgan fingerprint density at radius 1 is 1.18 bits per heavy atom. The fourth-order valence-corrected chi connectivity index (χ4v) is 3.91. The molecule has 6 nitrogen and oxygen atoms in total. The molecule has 1 atom stereocenters. The van der Waals surface area contributed by atoms with E-state index in [1.54, 1.807) is 36.0 Å². The van der Waals surface area contributed by atoms with Crippen molar-refractivity contribution >= 4 is 29.5 Å². The van der Waals surface area contributed by atoms with Crippen LogP contribution in [0.25, 0.3) is 0 Å². The van der Waals surface area contributed by atoms with Gasteiger partial charge in [-0.05, 0) is 12.1 Å². The van der Waals surface area contributed by atoms with Gasteiger partial charge in [-0.2, -0.15) is 11.8 Å². The molecular weight excluding hydrogens is 304 g/mol. The molecule has 1 aromatic rings. The molecule has 1 fully saturated rings. The number of aliphatic carboxylic acids is 1. The van der Waals surface area contributed by atoms with Gasteiger partial charge in [0.25, 0.3) is 11.8 Å². The van der Waals surface area contributed by atoms with Crippen LogP contribution in [0.1, 0.15) is 20.7 Å². The van der Waals surface area contributed by atoms with Crippen molar-refractivity contribution in [2.75, 3.05) is 31.1 Å². The number of thioether (sulfide) groups is 1. The van der Waals surface area contributed by atoms with Gasteiger partial charge in [-0.3, -0.25) is 24.2 Å². The van der Waals surface area contributed by atoms with Gasteiger partial charge in [0.2, 0.25) is 0 Å². The van der Waals surface area contributed by atoms with Crippen molar-refractivity contribution in [1.82, 2.24) is 9.80 Å². The number of imide groups is 1. The average Bonchev–Trinajstić information content (AvgIpc) is 2.77. The highest BCUT2D eigenvalue weighted by Gasteiger charge is 2.36. The quantitative estimate of drug-likeness (QED) is 0.826. The first-order valence-electron chi connectivity index (χ1n) is 7.09. The molecule has 2 aliphatic heterocycles. The standard InChI is InChI=1S/C15H16N2O4S/c18-13-10-3-1-2-4-11(10)14(19)17(13)6-5-16-7-8-22-9-12(16)15(20)21/h1-4,12H,5-9H2,(H,20,21). The van der Waals surface area contributed by atoms with Gasteiger partial charge in [-0.1, -0.05) is 12.1 Å². The predicted molar refractivity (Wildman–Crippen MR) is 82.1 cm³/mol. The number of amides is 2. The van der Waals surface area contributed by atoms with Crippen molar-refractivity contribution in [3.05, 3.63) is 35.4 Å². The van der Waals surface area contributed by atoms with Crippen molar-refractivity contribution in [2.24, 2.45) is 0 Å². The van der Waals surface area contributed by atoms with E-state index in [2.05, 4.69) is 0 Å². The van der Waals surface area contributed by atoms with Gasteiger partial charge in [0.05, 0.1) is 11.1 Å². The summed E-state index contributed by atoms with van der Waals surface area (Å²) < 4.78 is 0. The number of hydrogen-bond acceptors (Lipinski definition) is 5. The molecule has 2 amide bonds. The molecule has 0 saturated carbocycles. The van der Waals surface area contributed by atoms with E-state index in [0.717, 1.165) is 5.75 Å². The summed E-state index contributed by atoms with van der Waals surface area (Å²) in [7, 11) is 0. The minimum atomic E-state index is -0.852. The molecule has 0 aromatic heterocycles. The van der Waals surface area contributed by atoms with Crippen LogP contribution in [0.5, 0.6) is 0 Å². The van der Waals surface area contributed by atoms with Gasteiger partial charge in [0.15, 0.2) is 0 Å². The molecule has 0 aliphatic carbocycles. The van der Waals surface area contributed by atoms with Crippen molar-refractivity contribution in [3.8, 4) is 0 Å². The number of benzene rings is 1. The second kappa shape index (κ2) is 6.10. The SMILES string of the molecule is O=C(O)C1CSCCN1CCN1C(=O)c2ccccc2C1=O. The van der Waals surface area contributed by atoms with E-state index in [9.17, 15) is 19.5 Å². The molecule has 1 N–H and O–H groups in total. The molecule has 0 bridgehead atoms. The Hall–Kier alpha value is -1.86. The number of hydrogen-bond donors (Lipinski definition) is 1. The van der Waals surface area contributed by atoms with Crippen molar-refractivity contribution < 1.29 is 19.5 Å². The third kappa shape index (κ3) is 2.62. The Balaban J connectivity index is 1.68. The average molecular weight is 320 g/mol. The highest BCUT2D eigenvalue weighted by atomic mass is 32.2. The number of rotatable bonds is 4. The zero-order valence-corrected chi connectivity index (χ0v) is 12.7. The smallest absolute Gasteiger partial charge is 0.321 e. The first-order valence-corrected chi connectivity index (χ1v) is 8.25. The van der Waals surface area contributed by atoms with Gasteiger partial charge >= 0.3 is 5.97 Å². The molecule has 22 heavy (non-hydrogen) atoms. The van der Waals surface area contributed by atoms with Crippen LogP contribution in [0.4, 0.5) is 0 Å². The zero-order chi connectivity index (χ0) is 15.7. The maximum Gasteiger partial charge on any atom is 0.321 e. The van der Waals surface area contributed by atoms with Crippen LogP contribution in [-0.2, 0) is 4.79 Å². The van der Waals surface area contributed by atoms with Crippen molar-refractivity contribution in [3.63, 3.8) is 0 Å².